The molecule has 4 heterocycles. The summed E-state index contributed by atoms with van der Waals surface area (Å²) in [6.07, 6.45) is 4.56. The number of anilines is 2. The summed E-state index contributed by atoms with van der Waals surface area (Å²) in [5, 5.41) is 3.23. The molecule has 1 unspecified atom stereocenters. The molecule has 248 valence electrons. The lowest BCUT2D eigenvalue weighted by Crippen LogP contribution is -2.42. The Morgan fingerprint density at radius 1 is 1.07 bits per heavy atom. The van der Waals surface area contributed by atoms with Gasteiger partial charge in [-0.05, 0) is 104 Å². The molecule has 4 rings (SSSR count). The molecule has 2 amide bonds. The Balaban J connectivity index is 1.68. The predicted molar refractivity (Wildman–Crippen MR) is 179 cm³/mol. The highest BCUT2D eigenvalue weighted by Crippen LogP contribution is 2.40. The van der Waals surface area contributed by atoms with Crippen LogP contribution in [0.2, 0.25) is 0 Å². The van der Waals surface area contributed by atoms with Gasteiger partial charge in [-0.25, -0.2) is 14.7 Å². The van der Waals surface area contributed by atoms with E-state index in [0.29, 0.717) is 36.9 Å². The molecule has 1 fully saturated rings. The summed E-state index contributed by atoms with van der Waals surface area (Å²) >= 11 is 0. The quantitative estimate of drug-likeness (QED) is 0.401. The van der Waals surface area contributed by atoms with Crippen molar-refractivity contribution in [3.8, 4) is 0 Å². The molecule has 0 saturated carbocycles. The van der Waals surface area contributed by atoms with Gasteiger partial charge in [-0.15, -0.1) is 0 Å². The number of nitrogens with zero attached hydrogens (tertiary/aromatic N) is 4. The molecule has 1 saturated heterocycles. The molecule has 45 heavy (non-hydrogen) atoms. The normalized spacial score (nSPS) is 21.4. The maximum atomic E-state index is 13.6. The third kappa shape index (κ3) is 8.15. The monoisotopic (exact) mass is 640 g/mol. The summed E-state index contributed by atoms with van der Waals surface area (Å²) in [5.41, 5.74) is 0.501. The molecular formula is C34H52N6O4S. The molecule has 2 aliphatic rings. The minimum atomic E-state index is -4.27. The highest BCUT2D eigenvalue weighted by atomic mass is 32.2. The first-order valence-electron chi connectivity index (χ1n) is 16.3. The third-order valence-electron chi connectivity index (χ3n) is 8.95. The third-order valence-corrected chi connectivity index (χ3v) is 10.2. The van der Waals surface area contributed by atoms with Crippen LogP contribution in [0.1, 0.15) is 117 Å². The fourth-order valence-electron chi connectivity index (χ4n) is 6.81. The van der Waals surface area contributed by atoms with Crippen LogP contribution in [0.4, 0.5) is 11.6 Å². The van der Waals surface area contributed by atoms with E-state index >= 15 is 0 Å². The van der Waals surface area contributed by atoms with Crippen LogP contribution < -0.4 is 14.9 Å². The van der Waals surface area contributed by atoms with Gasteiger partial charge in [0.1, 0.15) is 11.6 Å². The predicted octanol–water partition coefficient (Wildman–Crippen LogP) is 5.89. The second-order valence-electron chi connectivity index (χ2n) is 14.9. The first kappa shape index (κ1) is 34.7. The average Bonchev–Trinajstić information content (AvgIpc) is 3.23. The number of nitrogens with one attached hydrogen (secondary N) is 2. The van der Waals surface area contributed by atoms with E-state index in [4.69, 9.17) is 4.98 Å². The van der Waals surface area contributed by atoms with Crippen molar-refractivity contribution in [3.63, 3.8) is 0 Å². The standard InChI is InChI=1S/C34H52N6O4S/c1-22(2)40(23(3)4)30(41)15-10-12-25-17-16-24-20-34(8,9)39(21-24)31-26(18-19-27(36-31)33(5,6)7)32(42)38-45(43,44)29-14-11-13-28(35-25)37-29/h11,13-14,18-19,22-25H,10,12,15-17,20-21H2,1-9H3,(H,35,37)(H,38,42)/t24-,25?/m0/s1. The maximum Gasteiger partial charge on any atom is 0.281 e. The van der Waals surface area contributed by atoms with Crippen LogP contribution in [0.5, 0.6) is 0 Å². The second-order valence-corrected chi connectivity index (χ2v) is 16.5. The van der Waals surface area contributed by atoms with E-state index in [0.717, 1.165) is 31.4 Å². The molecule has 2 atom stereocenters. The van der Waals surface area contributed by atoms with E-state index in [2.05, 4.69) is 54.5 Å². The average molecular weight is 641 g/mol. The molecule has 2 aromatic heterocycles. The van der Waals surface area contributed by atoms with Crippen molar-refractivity contribution in [1.82, 2.24) is 19.6 Å². The Kier molecular flexibility index (Phi) is 10.2. The number of sulfonamides is 1. The van der Waals surface area contributed by atoms with Crippen LogP contribution in [0.15, 0.2) is 35.4 Å². The lowest BCUT2D eigenvalue weighted by Gasteiger charge is -2.34. The molecule has 10 nitrogen and oxygen atoms in total. The second kappa shape index (κ2) is 13.3. The minimum Gasteiger partial charge on any atom is -0.367 e. The first-order valence-corrected chi connectivity index (χ1v) is 17.8. The highest BCUT2D eigenvalue weighted by molar-refractivity contribution is 7.90. The van der Waals surface area contributed by atoms with Gasteiger partial charge in [-0.2, -0.15) is 8.42 Å². The number of rotatable bonds is 6. The van der Waals surface area contributed by atoms with Gasteiger partial charge in [0.25, 0.3) is 15.9 Å². The van der Waals surface area contributed by atoms with E-state index in [1.54, 1.807) is 24.3 Å². The van der Waals surface area contributed by atoms with Gasteiger partial charge < -0.3 is 15.1 Å². The Labute approximate surface area is 269 Å². The summed E-state index contributed by atoms with van der Waals surface area (Å²) in [5.74, 6) is 0.687. The number of hydrogen-bond acceptors (Lipinski definition) is 8. The lowest BCUT2D eigenvalue weighted by atomic mass is 9.90. The molecule has 4 bridgehead atoms. The molecule has 0 spiro atoms. The fourth-order valence-corrected chi connectivity index (χ4v) is 7.75. The molecule has 2 N–H and O–H groups in total. The van der Waals surface area contributed by atoms with Crippen LogP contribution in [0.25, 0.3) is 0 Å². The van der Waals surface area contributed by atoms with Gasteiger partial charge in [0, 0.05) is 47.7 Å². The molecule has 2 aromatic rings. The van der Waals surface area contributed by atoms with Crippen molar-refractivity contribution in [2.75, 3.05) is 16.8 Å². The molecule has 0 aliphatic carbocycles. The van der Waals surface area contributed by atoms with Crippen molar-refractivity contribution in [2.45, 2.75) is 135 Å². The van der Waals surface area contributed by atoms with Crippen molar-refractivity contribution < 1.29 is 18.0 Å². The summed E-state index contributed by atoms with van der Waals surface area (Å²) in [6.45, 7) is 19.4. The van der Waals surface area contributed by atoms with E-state index in [9.17, 15) is 18.0 Å². The van der Waals surface area contributed by atoms with Crippen LogP contribution in [0, 0.1) is 5.92 Å². The van der Waals surface area contributed by atoms with Crippen LogP contribution in [-0.2, 0) is 20.2 Å². The van der Waals surface area contributed by atoms with Crippen molar-refractivity contribution in [2.24, 2.45) is 5.92 Å². The molecule has 0 radical (unpaired) electrons. The van der Waals surface area contributed by atoms with Crippen LogP contribution in [0.3, 0.4) is 0 Å². The van der Waals surface area contributed by atoms with Gasteiger partial charge in [-0.3, -0.25) is 9.59 Å². The summed E-state index contributed by atoms with van der Waals surface area (Å²) in [6, 6.07) is 8.51. The van der Waals surface area contributed by atoms with Gasteiger partial charge in [-0.1, -0.05) is 26.8 Å². The molecular weight excluding hydrogens is 588 g/mol. The van der Waals surface area contributed by atoms with Crippen molar-refractivity contribution in [3.05, 3.63) is 41.6 Å². The van der Waals surface area contributed by atoms with Gasteiger partial charge in [0.15, 0.2) is 5.03 Å². The Morgan fingerprint density at radius 2 is 1.76 bits per heavy atom. The molecule has 11 heteroatoms. The first-order chi connectivity index (χ1) is 20.9. The van der Waals surface area contributed by atoms with Gasteiger partial charge in [0.2, 0.25) is 5.91 Å². The van der Waals surface area contributed by atoms with Gasteiger partial charge in [0.05, 0.1) is 5.56 Å². The Bertz CT molecular complexity index is 1490. The topological polar surface area (TPSA) is 125 Å². The number of aromatic nitrogens is 2. The Hall–Kier alpha value is -3.21. The Morgan fingerprint density at radius 3 is 2.40 bits per heavy atom. The van der Waals surface area contributed by atoms with Crippen LogP contribution in [-0.4, -0.2) is 65.3 Å². The van der Waals surface area contributed by atoms with E-state index in [1.807, 2.05) is 32.6 Å². The number of carbonyl (C=O) groups is 2. The number of hydrogen-bond donors (Lipinski definition) is 2. The number of fused-ring (bicyclic) bond motifs is 6. The smallest absolute Gasteiger partial charge is 0.281 e. The van der Waals surface area contributed by atoms with E-state index in [1.165, 1.54) is 6.07 Å². The van der Waals surface area contributed by atoms with Crippen LogP contribution >= 0.6 is 0 Å². The number of pyridine rings is 2. The van der Waals surface area contributed by atoms with Crippen molar-refractivity contribution in [1.29, 1.82) is 0 Å². The number of carbonyl (C=O) groups excluding carboxylic acids is 2. The summed E-state index contributed by atoms with van der Waals surface area (Å²) in [7, 11) is -4.27. The van der Waals surface area contributed by atoms with Crippen molar-refractivity contribution >= 4 is 33.5 Å². The zero-order chi connectivity index (χ0) is 33.3. The van der Waals surface area contributed by atoms with Gasteiger partial charge >= 0.3 is 0 Å². The minimum absolute atomic E-state index is 0.00964. The lowest BCUT2D eigenvalue weighted by molar-refractivity contribution is -0.134. The SMILES string of the molecule is CC(C)N(C(=O)CCCC1CC[C@@H]2CN(c3nc(C(C)(C)C)ccc3C(=O)NS(=O)(=O)c3cccc(n3)N1)C(C)(C)C2)C(C)C. The summed E-state index contributed by atoms with van der Waals surface area (Å²) in [4.78, 5) is 40.2. The zero-order valence-electron chi connectivity index (χ0n) is 28.5. The molecule has 0 aromatic carbocycles. The molecule has 2 aliphatic heterocycles. The largest absolute Gasteiger partial charge is 0.367 e. The van der Waals surface area contributed by atoms with E-state index in [-0.39, 0.29) is 45.6 Å². The zero-order valence-corrected chi connectivity index (χ0v) is 29.3. The number of amides is 2. The fraction of sp³-hybridized carbons (Fsp3) is 0.647. The maximum absolute atomic E-state index is 13.6. The van der Waals surface area contributed by atoms with E-state index < -0.39 is 15.9 Å². The highest BCUT2D eigenvalue weighted by Gasteiger charge is 2.41. The summed E-state index contributed by atoms with van der Waals surface area (Å²) < 4.78 is 29.1.